The number of nitrogens with zero attached hydrogens (tertiary/aromatic N) is 2. The van der Waals surface area contributed by atoms with Crippen LogP contribution in [0.1, 0.15) is 35.8 Å². The van der Waals surface area contributed by atoms with Gasteiger partial charge in [-0.15, -0.1) is 0 Å². The summed E-state index contributed by atoms with van der Waals surface area (Å²) >= 11 is 0. The number of anilines is 1. The van der Waals surface area contributed by atoms with Crippen LogP contribution in [0.2, 0.25) is 0 Å². The van der Waals surface area contributed by atoms with Gasteiger partial charge in [0.25, 0.3) is 5.91 Å². The van der Waals surface area contributed by atoms with Crippen LogP contribution in [-0.2, 0) is 11.2 Å². The number of aromatic nitrogens is 2. The fourth-order valence-electron chi connectivity index (χ4n) is 3.65. The number of hydrogen-bond acceptors (Lipinski definition) is 7. The number of nitrogen functional groups attached to an aromatic ring is 1. The van der Waals surface area contributed by atoms with Crippen molar-refractivity contribution in [2.45, 2.75) is 26.2 Å². The molecule has 0 saturated carbocycles. The van der Waals surface area contributed by atoms with Crippen LogP contribution in [0.25, 0.3) is 22.3 Å². The van der Waals surface area contributed by atoms with Crippen molar-refractivity contribution >= 4 is 17.6 Å². The van der Waals surface area contributed by atoms with Gasteiger partial charge in [0.15, 0.2) is 0 Å². The van der Waals surface area contributed by atoms with Crippen molar-refractivity contribution in [3.05, 3.63) is 60.0 Å². The van der Waals surface area contributed by atoms with Crippen LogP contribution in [0, 0.1) is 0 Å². The molecule has 3 rings (SSSR count). The lowest BCUT2D eigenvalue weighted by Crippen LogP contribution is -2.31. The van der Waals surface area contributed by atoms with Crippen molar-refractivity contribution in [1.29, 1.82) is 0 Å². The lowest BCUT2D eigenvalue weighted by Gasteiger charge is -2.16. The van der Waals surface area contributed by atoms with Gasteiger partial charge in [0.2, 0.25) is 5.91 Å². The smallest absolute Gasteiger partial charge is 0.269 e. The number of phenols is 1. The van der Waals surface area contributed by atoms with Crippen LogP contribution in [0.5, 0.6) is 5.75 Å². The zero-order valence-electron chi connectivity index (χ0n) is 19.2. The molecular weight excluding hydrogens is 432 g/mol. The molecule has 0 saturated heterocycles. The Morgan fingerprint density at radius 3 is 2.32 bits per heavy atom. The summed E-state index contributed by atoms with van der Waals surface area (Å²) in [6.07, 6.45) is 4.98. The predicted octanol–water partition coefficient (Wildman–Crippen LogP) is 2.25. The number of carbonyl (C=O) groups is 2. The van der Waals surface area contributed by atoms with Gasteiger partial charge in [-0.1, -0.05) is 25.1 Å². The van der Waals surface area contributed by atoms with Gasteiger partial charge in [-0.3, -0.25) is 14.6 Å². The van der Waals surface area contributed by atoms with Gasteiger partial charge in [0.05, 0.1) is 0 Å². The van der Waals surface area contributed by atoms with Gasteiger partial charge in [-0.2, -0.15) is 0 Å². The highest BCUT2D eigenvalue weighted by atomic mass is 16.3. The zero-order chi connectivity index (χ0) is 24.5. The van der Waals surface area contributed by atoms with Gasteiger partial charge >= 0.3 is 0 Å². The Kier molecular flexibility index (Phi) is 8.53. The molecule has 2 aromatic heterocycles. The topological polar surface area (TPSA) is 156 Å². The highest BCUT2D eigenvalue weighted by Crippen LogP contribution is 2.36. The summed E-state index contributed by atoms with van der Waals surface area (Å²) in [4.78, 5) is 32.5. The highest BCUT2D eigenvalue weighted by Gasteiger charge is 2.16. The van der Waals surface area contributed by atoms with Crippen LogP contribution in [0.4, 0.5) is 5.82 Å². The fourth-order valence-corrected chi connectivity index (χ4v) is 3.65. The third kappa shape index (κ3) is 6.08. The number of aromatic hydroxyl groups is 1. The maximum atomic E-state index is 12.4. The van der Waals surface area contributed by atoms with Crippen LogP contribution >= 0.6 is 0 Å². The van der Waals surface area contributed by atoms with Crippen molar-refractivity contribution in [2.75, 3.05) is 25.4 Å². The molecule has 9 heteroatoms. The lowest BCUT2D eigenvalue weighted by molar-refractivity contribution is -0.120. The van der Waals surface area contributed by atoms with Crippen molar-refractivity contribution in [3.63, 3.8) is 0 Å². The summed E-state index contributed by atoms with van der Waals surface area (Å²) in [5, 5.41) is 15.2. The normalized spacial score (nSPS) is 10.6. The van der Waals surface area contributed by atoms with E-state index < -0.39 is 0 Å². The average molecular weight is 463 g/mol. The van der Waals surface area contributed by atoms with Gasteiger partial charge in [-0.25, -0.2) is 4.98 Å². The summed E-state index contributed by atoms with van der Waals surface area (Å²) in [7, 11) is 0. The number of nitrogens with one attached hydrogen (secondary N) is 2. The second-order valence-corrected chi connectivity index (χ2v) is 7.74. The molecule has 0 radical (unpaired) electrons. The van der Waals surface area contributed by atoms with E-state index in [1.807, 2.05) is 13.0 Å². The van der Waals surface area contributed by atoms with Crippen molar-refractivity contribution in [1.82, 2.24) is 20.6 Å². The van der Waals surface area contributed by atoms with E-state index in [0.717, 1.165) is 27.8 Å². The second-order valence-electron chi connectivity index (χ2n) is 7.74. The molecule has 0 atom stereocenters. The first-order chi connectivity index (χ1) is 16.4. The first-order valence-electron chi connectivity index (χ1n) is 11.2. The number of benzene rings is 1. The van der Waals surface area contributed by atoms with Crippen LogP contribution < -0.4 is 22.1 Å². The van der Waals surface area contributed by atoms with Gasteiger partial charge in [-0.05, 0) is 42.2 Å². The van der Waals surface area contributed by atoms with Gasteiger partial charge < -0.3 is 27.2 Å². The fraction of sp³-hybridized carbons (Fsp3) is 0.280. The van der Waals surface area contributed by atoms with E-state index >= 15 is 0 Å². The molecule has 0 fully saturated rings. The zero-order valence-corrected chi connectivity index (χ0v) is 19.2. The molecule has 2 amide bonds. The Morgan fingerprint density at radius 2 is 1.68 bits per heavy atom. The van der Waals surface area contributed by atoms with Crippen LogP contribution in [-0.4, -0.2) is 46.5 Å². The molecular formula is C25H30N6O3. The van der Waals surface area contributed by atoms with E-state index in [9.17, 15) is 14.7 Å². The summed E-state index contributed by atoms with van der Waals surface area (Å²) < 4.78 is 0. The molecule has 0 bridgehead atoms. The molecule has 0 aliphatic rings. The first-order valence-corrected chi connectivity index (χ1v) is 11.2. The van der Waals surface area contributed by atoms with Crippen molar-refractivity contribution < 1.29 is 14.7 Å². The lowest BCUT2D eigenvalue weighted by atomic mass is 9.92. The maximum Gasteiger partial charge on any atom is 0.269 e. The molecule has 3 aromatic rings. The number of amides is 2. The largest absolute Gasteiger partial charge is 0.508 e. The average Bonchev–Trinajstić information content (AvgIpc) is 2.84. The Hall–Kier alpha value is -3.98. The van der Waals surface area contributed by atoms with E-state index in [-0.39, 0.29) is 17.6 Å². The Labute approximate surface area is 198 Å². The SMILES string of the molecule is CCc1c(-c2ccc(C(=O)NCCCNC(=O)CCN)nc2)cnc(N)c1-c1ccc(O)cc1. The molecule has 178 valence electrons. The van der Waals surface area contributed by atoms with E-state index in [4.69, 9.17) is 11.5 Å². The minimum Gasteiger partial charge on any atom is -0.508 e. The highest BCUT2D eigenvalue weighted by molar-refractivity contribution is 5.92. The van der Waals surface area contributed by atoms with E-state index in [1.165, 1.54) is 0 Å². The first kappa shape index (κ1) is 24.7. The second kappa shape index (κ2) is 11.8. The van der Waals surface area contributed by atoms with Crippen molar-refractivity contribution in [2.24, 2.45) is 5.73 Å². The van der Waals surface area contributed by atoms with E-state index in [0.29, 0.717) is 50.4 Å². The number of phenolic OH excluding ortho intramolecular Hbond substituents is 1. The molecule has 9 nitrogen and oxygen atoms in total. The third-order valence-electron chi connectivity index (χ3n) is 5.37. The molecule has 0 aliphatic heterocycles. The number of pyridine rings is 2. The molecule has 2 heterocycles. The van der Waals surface area contributed by atoms with Gasteiger partial charge in [0.1, 0.15) is 17.3 Å². The minimum atomic E-state index is -0.282. The van der Waals surface area contributed by atoms with E-state index in [2.05, 4.69) is 20.6 Å². The monoisotopic (exact) mass is 462 g/mol. The quantitative estimate of drug-likeness (QED) is 0.289. The maximum absolute atomic E-state index is 12.4. The number of carbonyl (C=O) groups excluding carboxylic acids is 2. The Balaban J connectivity index is 1.71. The molecule has 0 spiro atoms. The Morgan fingerprint density at radius 1 is 0.971 bits per heavy atom. The summed E-state index contributed by atoms with van der Waals surface area (Å²) in [5.41, 5.74) is 16.2. The molecule has 1 aromatic carbocycles. The third-order valence-corrected chi connectivity index (χ3v) is 5.37. The van der Waals surface area contributed by atoms with Crippen LogP contribution in [0.3, 0.4) is 0 Å². The summed E-state index contributed by atoms with van der Waals surface area (Å²) in [6, 6.07) is 10.3. The molecule has 34 heavy (non-hydrogen) atoms. The standard InChI is InChI=1S/C25H30N6O3/c1-2-19-20(15-31-24(27)23(19)16-4-7-18(32)8-5-16)17-6-9-21(30-14-17)25(34)29-13-3-12-28-22(33)10-11-26/h4-9,14-15,32H,2-3,10-13,26H2,1H3,(H2,27,31)(H,28,33)(H,29,34). The molecule has 7 N–H and O–H groups in total. The van der Waals surface area contributed by atoms with E-state index in [1.54, 1.807) is 42.7 Å². The number of hydrogen-bond donors (Lipinski definition) is 5. The summed E-state index contributed by atoms with van der Waals surface area (Å²) in [6.45, 7) is 3.24. The van der Waals surface area contributed by atoms with Crippen LogP contribution in [0.15, 0.2) is 48.8 Å². The molecule has 0 aliphatic carbocycles. The summed E-state index contributed by atoms with van der Waals surface area (Å²) in [5.74, 6) is 0.215. The Bertz CT molecular complexity index is 1130. The predicted molar refractivity (Wildman–Crippen MR) is 132 cm³/mol. The van der Waals surface area contributed by atoms with Crippen molar-refractivity contribution in [3.8, 4) is 28.0 Å². The number of nitrogens with two attached hydrogens (primary N) is 2. The number of rotatable bonds is 10. The van der Waals surface area contributed by atoms with Gasteiger partial charge in [0, 0.05) is 55.1 Å². The minimum absolute atomic E-state index is 0.0942. The molecule has 0 unspecified atom stereocenters.